The summed E-state index contributed by atoms with van der Waals surface area (Å²) < 4.78 is 9.88. The van der Waals surface area contributed by atoms with Gasteiger partial charge in [-0.1, -0.05) is 23.7 Å². The molecule has 1 heterocycles. The van der Waals surface area contributed by atoms with Crippen LogP contribution >= 0.6 is 11.6 Å². The highest BCUT2D eigenvalue weighted by atomic mass is 35.5. The number of aryl methyl sites for hydroxylation is 2. The number of carbonyl (C=O) groups excluding carboxylic acids is 2. The molecule has 132 valence electrons. The summed E-state index contributed by atoms with van der Waals surface area (Å²) >= 11 is 5.87. The van der Waals surface area contributed by atoms with Crippen LogP contribution in [0.1, 0.15) is 28.7 Å². The average molecular weight is 368 g/mol. The maximum atomic E-state index is 12.0. The predicted molar refractivity (Wildman–Crippen MR) is 87.6 cm³/mol. The molecule has 0 saturated carbocycles. The van der Waals surface area contributed by atoms with E-state index in [1.54, 1.807) is 13.8 Å². The van der Waals surface area contributed by atoms with Crippen molar-refractivity contribution >= 4 is 34.9 Å². The van der Waals surface area contributed by atoms with Gasteiger partial charge in [-0.15, -0.1) is 0 Å². The monoisotopic (exact) mass is 367 g/mol. The molecule has 9 nitrogen and oxygen atoms in total. The summed E-state index contributed by atoms with van der Waals surface area (Å²) in [5.41, 5.74) is 0.609. The van der Waals surface area contributed by atoms with Gasteiger partial charge in [0, 0.05) is 12.1 Å². The molecule has 0 bridgehead atoms. The lowest BCUT2D eigenvalue weighted by Gasteiger charge is -2.08. The number of aromatic nitrogens is 1. The summed E-state index contributed by atoms with van der Waals surface area (Å²) in [4.78, 5) is 34.0. The van der Waals surface area contributed by atoms with Gasteiger partial charge in [-0.2, -0.15) is 0 Å². The molecule has 0 fully saturated rings. The van der Waals surface area contributed by atoms with Crippen LogP contribution in [0.25, 0.3) is 0 Å². The fourth-order valence-electron chi connectivity index (χ4n) is 2.03. The van der Waals surface area contributed by atoms with E-state index in [1.807, 2.05) is 0 Å². The Hall–Kier alpha value is -2.94. The van der Waals surface area contributed by atoms with Crippen LogP contribution in [0.5, 0.6) is 0 Å². The number of amides is 1. The van der Waals surface area contributed by atoms with Gasteiger partial charge in [0.05, 0.1) is 21.3 Å². The van der Waals surface area contributed by atoms with Crippen LogP contribution in [-0.4, -0.2) is 28.6 Å². The molecule has 0 saturated heterocycles. The van der Waals surface area contributed by atoms with E-state index in [2.05, 4.69) is 10.5 Å². The quantitative estimate of drug-likeness (QED) is 0.472. The first-order chi connectivity index (χ1) is 11.8. The fourth-order valence-corrected chi connectivity index (χ4v) is 2.25. The first-order valence-corrected chi connectivity index (χ1v) is 7.57. The van der Waals surface area contributed by atoms with E-state index < -0.39 is 23.4 Å². The number of hydrogen-bond donors (Lipinski definition) is 1. The van der Waals surface area contributed by atoms with Crippen molar-refractivity contribution in [3.8, 4) is 0 Å². The third-order valence-corrected chi connectivity index (χ3v) is 3.56. The van der Waals surface area contributed by atoms with Crippen molar-refractivity contribution in [2.24, 2.45) is 0 Å². The SMILES string of the molecule is CCc1noc(C)c1C(=O)OCC(=O)Nc1ccc([N+](=O)[O-])cc1Cl. The van der Waals surface area contributed by atoms with Crippen molar-refractivity contribution in [3.05, 3.63) is 50.4 Å². The van der Waals surface area contributed by atoms with Crippen LogP contribution in [0.2, 0.25) is 5.02 Å². The van der Waals surface area contributed by atoms with Gasteiger partial charge in [-0.05, 0) is 19.4 Å². The lowest BCUT2D eigenvalue weighted by Crippen LogP contribution is -2.21. The molecule has 2 aromatic rings. The molecule has 0 unspecified atom stereocenters. The van der Waals surface area contributed by atoms with Crippen LogP contribution < -0.4 is 5.32 Å². The Morgan fingerprint density at radius 2 is 2.16 bits per heavy atom. The number of non-ortho nitro benzene ring substituents is 1. The zero-order valence-electron chi connectivity index (χ0n) is 13.4. The maximum absolute atomic E-state index is 12.0. The molecule has 0 aliphatic heterocycles. The molecule has 2 rings (SSSR count). The molecule has 0 spiro atoms. The Morgan fingerprint density at radius 3 is 2.76 bits per heavy atom. The number of ether oxygens (including phenoxy) is 1. The maximum Gasteiger partial charge on any atom is 0.344 e. The molecule has 1 aromatic carbocycles. The molecular formula is C15H14ClN3O6. The fraction of sp³-hybridized carbons (Fsp3) is 0.267. The van der Waals surface area contributed by atoms with Gasteiger partial charge in [0.1, 0.15) is 11.3 Å². The largest absolute Gasteiger partial charge is 0.452 e. The molecule has 1 N–H and O–H groups in total. The molecule has 0 aliphatic rings. The molecular weight excluding hydrogens is 354 g/mol. The van der Waals surface area contributed by atoms with E-state index in [0.29, 0.717) is 17.9 Å². The second-order valence-electron chi connectivity index (χ2n) is 4.96. The summed E-state index contributed by atoms with van der Waals surface area (Å²) in [6.45, 7) is 2.82. The van der Waals surface area contributed by atoms with Gasteiger partial charge in [-0.3, -0.25) is 14.9 Å². The van der Waals surface area contributed by atoms with Crippen LogP contribution in [0, 0.1) is 17.0 Å². The minimum absolute atomic E-state index is 0.00275. The number of benzene rings is 1. The van der Waals surface area contributed by atoms with Gasteiger partial charge >= 0.3 is 5.97 Å². The summed E-state index contributed by atoms with van der Waals surface area (Å²) in [5.74, 6) is -1.06. The Kier molecular flexibility index (Phi) is 5.71. The van der Waals surface area contributed by atoms with E-state index in [0.717, 1.165) is 6.07 Å². The van der Waals surface area contributed by atoms with Gasteiger partial charge in [0.15, 0.2) is 6.61 Å². The van der Waals surface area contributed by atoms with Crippen molar-refractivity contribution in [2.75, 3.05) is 11.9 Å². The van der Waals surface area contributed by atoms with Crippen LogP contribution in [-0.2, 0) is 16.0 Å². The lowest BCUT2D eigenvalue weighted by atomic mass is 10.1. The number of nitrogens with zero attached hydrogens (tertiary/aromatic N) is 2. The Bertz CT molecular complexity index is 833. The summed E-state index contributed by atoms with van der Waals surface area (Å²) in [5, 5.41) is 16.8. The lowest BCUT2D eigenvalue weighted by molar-refractivity contribution is -0.384. The number of rotatable bonds is 6. The normalized spacial score (nSPS) is 10.4. The average Bonchev–Trinajstić information content (AvgIpc) is 2.95. The number of hydrogen-bond acceptors (Lipinski definition) is 7. The van der Waals surface area contributed by atoms with Gasteiger partial charge in [-0.25, -0.2) is 4.79 Å². The highest BCUT2D eigenvalue weighted by Crippen LogP contribution is 2.26. The predicted octanol–water partition coefficient (Wildman–Crippen LogP) is 2.90. The Balaban J connectivity index is 1.98. The number of nitro benzene ring substituents is 1. The van der Waals surface area contributed by atoms with Crippen molar-refractivity contribution in [1.82, 2.24) is 5.16 Å². The highest BCUT2D eigenvalue weighted by Gasteiger charge is 2.21. The molecule has 25 heavy (non-hydrogen) atoms. The molecule has 1 amide bonds. The third-order valence-electron chi connectivity index (χ3n) is 3.24. The van der Waals surface area contributed by atoms with E-state index in [-0.39, 0.29) is 22.0 Å². The number of esters is 1. The zero-order chi connectivity index (χ0) is 18.6. The van der Waals surface area contributed by atoms with Gasteiger partial charge < -0.3 is 14.6 Å². The van der Waals surface area contributed by atoms with E-state index in [4.69, 9.17) is 20.9 Å². The second kappa shape index (κ2) is 7.75. The van der Waals surface area contributed by atoms with Crippen molar-refractivity contribution in [3.63, 3.8) is 0 Å². The number of anilines is 1. The van der Waals surface area contributed by atoms with Crippen molar-refractivity contribution in [1.29, 1.82) is 0 Å². The van der Waals surface area contributed by atoms with Crippen molar-refractivity contribution in [2.45, 2.75) is 20.3 Å². The summed E-state index contributed by atoms with van der Waals surface area (Å²) in [7, 11) is 0. The third kappa shape index (κ3) is 4.32. The minimum Gasteiger partial charge on any atom is -0.452 e. The topological polar surface area (TPSA) is 125 Å². The number of halogens is 1. The second-order valence-corrected chi connectivity index (χ2v) is 5.37. The standard InChI is InChI=1S/C15H14ClN3O6/c1-3-11-14(8(2)25-18-11)15(21)24-7-13(20)17-12-5-4-9(19(22)23)6-10(12)16/h4-6H,3,7H2,1-2H3,(H,17,20). The number of nitro groups is 1. The van der Waals surface area contributed by atoms with E-state index in [9.17, 15) is 19.7 Å². The summed E-state index contributed by atoms with van der Waals surface area (Å²) in [6, 6.07) is 3.60. The number of nitrogens with one attached hydrogen (secondary N) is 1. The summed E-state index contributed by atoms with van der Waals surface area (Å²) in [6.07, 6.45) is 0.479. The minimum atomic E-state index is -0.722. The molecule has 10 heteroatoms. The molecule has 0 atom stereocenters. The van der Waals surface area contributed by atoms with E-state index in [1.165, 1.54) is 12.1 Å². The van der Waals surface area contributed by atoms with Crippen LogP contribution in [0.4, 0.5) is 11.4 Å². The van der Waals surface area contributed by atoms with Gasteiger partial charge in [0.25, 0.3) is 11.6 Å². The highest BCUT2D eigenvalue weighted by molar-refractivity contribution is 6.34. The molecule has 0 aliphatic carbocycles. The Morgan fingerprint density at radius 1 is 1.44 bits per heavy atom. The number of carbonyl (C=O) groups is 2. The first kappa shape index (κ1) is 18.4. The zero-order valence-corrected chi connectivity index (χ0v) is 14.1. The smallest absolute Gasteiger partial charge is 0.344 e. The van der Waals surface area contributed by atoms with E-state index >= 15 is 0 Å². The molecule has 0 radical (unpaired) electrons. The Labute approximate surface area is 147 Å². The first-order valence-electron chi connectivity index (χ1n) is 7.19. The molecule has 1 aromatic heterocycles. The van der Waals surface area contributed by atoms with Crippen molar-refractivity contribution < 1.29 is 23.8 Å². The van der Waals surface area contributed by atoms with Gasteiger partial charge in [0.2, 0.25) is 0 Å². The van der Waals surface area contributed by atoms with Crippen LogP contribution in [0.15, 0.2) is 22.7 Å². The van der Waals surface area contributed by atoms with Crippen LogP contribution in [0.3, 0.4) is 0 Å².